The second kappa shape index (κ2) is 10.4. The van der Waals surface area contributed by atoms with E-state index < -0.39 is 0 Å². The first-order valence-corrected chi connectivity index (χ1v) is 9.61. The van der Waals surface area contributed by atoms with Crippen LogP contribution in [0.1, 0.15) is 27.4 Å². The summed E-state index contributed by atoms with van der Waals surface area (Å²) in [5.41, 5.74) is 8.93. The molecule has 2 N–H and O–H groups in total. The normalized spacial score (nSPS) is 10.5. The molecular formula is C21H25Cl2N5O. The summed E-state index contributed by atoms with van der Waals surface area (Å²) in [6.07, 6.45) is 0.737. The van der Waals surface area contributed by atoms with Crippen molar-refractivity contribution >= 4 is 29.9 Å². The van der Waals surface area contributed by atoms with Gasteiger partial charge in [0.25, 0.3) is 5.91 Å². The van der Waals surface area contributed by atoms with Gasteiger partial charge in [-0.2, -0.15) is 5.10 Å². The van der Waals surface area contributed by atoms with Crippen molar-refractivity contribution in [2.75, 3.05) is 19.6 Å². The third kappa shape index (κ3) is 5.56. The van der Waals surface area contributed by atoms with E-state index in [0.29, 0.717) is 30.5 Å². The molecule has 6 nitrogen and oxygen atoms in total. The molecule has 0 saturated heterocycles. The lowest BCUT2D eigenvalue weighted by Gasteiger charge is -2.22. The summed E-state index contributed by atoms with van der Waals surface area (Å²) in [6.45, 7) is 5.21. The molecule has 3 rings (SSSR count). The number of hydrogen-bond donors (Lipinski definition) is 1. The highest BCUT2D eigenvalue weighted by atomic mass is 35.5. The Bertz CT molecular complexity index is 959. The van der Waals surface area contributed by atoms with Crippen LogP contribution in [0.4, 0.5) is 0 Å². The SMILES string of the molecule is Cc1cc(C)n(-c2ccc(Cl)c(C(=O)N(CCN)CCc3ccccc3)n2)n1.Cl. The van der Waals surface area contributed by atoms with E-state index in [1.165, 1.54) is 0 Å². The first-order chi connectivity index (χ1) is 13.5. The van der Waals surface area contributed by atoms with Crippen molar-refractivity contribution < 1.29 is 4.79 Å². The molecule has 154 valence electrons. The van der Waals surface area contributed by atoms with E-state index in [1.54, 1.807) is 21.7 Å². The number of nitrogens with two attached hydrogens (primary N) is 1. The molecule has 0 spiro atoms. The average molecular weight is 434 g/mol. The van der Waals surface area contributed by atoms with E-state index >= 15 is 0 Å². The van der Waals surface area contributed by atoms with E-state index in [4.69, 9.17) is 17.3 Å². The molecule has 0 bridgehead atoms. The number of halogens is 2. The van der Waals surface area contributed by atoms with E-state index in [1.807, 2.05) is 50.2 Å². The van der Waals surface area contributed by atoms with Crippen molar-refractivity contribution in [1.82, 2.24) is 19.7 Å². The highest BCUT2D eigenvalue weighted by Gasteiger charge is 2.21. The van der Waals surface area contributed by atoms with Crippen LogP contribution >= 0.6 is 24.0 Å². The third-order valence-corrected chi connectivity index (χ3v) is 4.76. The van der Waals surface area contributed by atoms with Gasteiger partial charge in [0, 0.05) is 25.3 Å². The maximum Gasteiger partial charge on any atom is 0.274 e. The minimum atomic E-state index is -0.227. The summed E-state index contributed by atoms with van der Waals surface area (Å²) >= 11 is 6.31. The highest BCUT2D eigenvalue weighted by molar-refractivity contribution is 6.33. The fraction of sp³-hybridized carbons (Fsp3) is 0.286. The number of pyridine rings is 1. The second-order valence-corrected chi connectivity index (χ2v) is 7.06. The maximum atomic E-state index is 13.1. The zero-order valence-electron chi connectivity index (χ0n) is 16.5. The number of aromatic nitrogens is 3. The van der Waals surface area contributed by atoms with Gasteiger partial charge in [0.1, 0.15) is 5.69 Å². The maximum absolute atomic E-state index is 13.1. The molecule has 0 atom stereocenters. The Morgan fingerprint density at radius 3 is 2.48 bits per heavy atom. The Morgan fingerprint density at radius 2 is 1.86 bits per heavy atom. The van der Waals surface area contributed by atoms with Gasteiger partial charge < -0.3 is 10.6 Å². The van der Waals surface area contributed by atoms with Crippen LogP contribution in [-0.2, 0) is 6.42 Å². The molecule has 1 aromatic carbocycles. The number of nitrogens with zero attached hydrogens (tertiary/aromatic N) is 4. The molecule has 0 aliphatic carbocycles. The largest absolute Gasteiger partial charge is 0.336 e. The van der Waals surface area contributed by atoms with Gasteiger partial charge in [-0.25, -0.2) is 9.67 Å². The average Bonchev–Trinajstić information content (AvgIpc) is 3.04. The molecule has 29 heavy (non-hydrogen) atoms. The van der Waals surface area contributed by atoms with Gasteiger partial charge >= 0.3 is 0 Å². The fourth-order valence-corrected chi connectivity index (χ4v) is 3.28. The van der Waals surface area contributed by atoms with Gasteiger partial charge in [-0.1, -0.05) is 41.9 Å². The van der Waals surface area contributed by atoms with Crippen molar-refractivity contribution in [3.63, 3.8) is 0 Å². The lowest BCUT2D eigenvalue weighted by Crippen LogP contribution is -2.37. The monoisotopic (exact) mass is 433 g/mol. The summed E-state index contributed by atoms with van der Waals surface area (Å²) in [6, 6.07) is 15.4. The molecule has 8 heteroatoms. The predicted octanol–water partition coefficient (Wildman–Crippen LogP) is 3.60. The van der Waals surface area contributed by atoms with E-state index in [0.717, 1.165) is 23.4 Å². The van der Waals surface area contributed by atoms with Gasteiger partial charge in [0.15, 0.2) is 5.82 Å². The van der Waals surface area contributed by atoms with Crippen molar-refractivity contribution in [2.24, 2.45) is 5.73 Å². The minimum Gasteiger partial charge on any atom is -0.336 e. The van der Waals surface area contributed by atoms with Gasteiger partial charge in [-0.3, -0.25) is 4.79 Å². The Hall–Kier alpha value is -2.41. The minimum absolute atomic E-state index is 0. The fourth-order valence-electron chi connectivity index (χ4n) is 3.09. The Labute approximate surface area is 182 Å². The van der Waals surface area contributed by atoms with Gasteiger partial charge in [0.2, 0.25) is 0 Å². The predicted molar refractivity (Wildman–Crippen MR) is 118 cm³/mol. The lowest BCUT2D eigenvalue weighted by atomic mass is 10.1. The standard InChI is InChI=1S/C21H24ClN5O.ClH/c1-15-14-16(2)27(25-15)19-9-8-18(22)20(24-19)21(28)26(13-11-23)12-10-17-6-4-3-5-7-17;/h3-9,14H,10-13,23H2,1-2H3;1H. The van der Waals surface area contributed by atoms with E-state index in [9.17, 15) is 4.79 Å². The second-order valence-electron chi connectivity index (χ2n) is 6.66. The quantitative estimate of drug-likeness (QED) is 0.617. The number of carbonyl (C=O) groups is 1. The number of aryl methyl sites for hydroxylation is 2. The van der Waals surface area contributed by atoms with Crippen LogP contribution in [0.5, 0.6) is 0 Å². The topological polar surface area (TPSA) is 77.0 Å². The smallest absolute Gasteiger partial charge is 0.274 e. The van der Waals surface area contributed by atoms with Crippen LogP contribution in [0.2, 0.25) is 5.02 Å². The summed E-state index contributed by atoms with van der Waals surface area (Å²) < 4.78 is 1.71. The number of rotatable bonds is 7. The summed E-state index contributed by atoms with van der Waals surface area (Å²) in [5.74, 6) is 0.337. The highest BCUT2D eigenvalue weighted by Crippen LogP contribution is 2.19. The van der Waals surface area contributed by atoms with Crippen molar-refractivity contribution in [3.05, 3.63) is 76.2 Å². The molecule has 0 fully saturated rings. The number of amides is 1. The number of hydrogen-bond acceptors (Lipinski definition) is 4. The lowest BCUT2D eigenvalue weighted by molar-refractivity contribution is 0.0756. The summed E-state index contributed by atoms with van der Waals surface area (Å²) in [7, 11) is 0. The first kappa shape index (κ1) is 22.9. The van der Waals surface area contributed by atoms with Crippen LogP contribution in [0.25, 0.3) is 5.82 Å². The van der Waals surface area contributed by atoms with Crippen molar-refractivity contribution in [3.8, 4) is 5.82 Å². The molecule has 2 aromatic heterocycles. The number of benzene rings is 1. The van der Waals surface area contributed by atoms with Crippen LogP contribution in [0.3, 0.4) is 0 Å². The molecule has 0 saturated carbocycles. The molecule has 0 aliphatic rings. The Kier molecular flexibility index (Phi) is 8.20. The Morgan fingerprint density at radius 1 is 1.14 bits per heavy atom. The first-order valence-electron chi connectivity index (χ1n) is 9.23. The zero-order chi connectivity index (χ0) is 20.1. The van der Waals surface area contributed by atoms with Crippen LogP contribution in [-0.4, -0.2) is 45.2 Å². The zero-order valence-corrected chi connectivity index (χ0v) is 18.1. The molecule has 2 heterocycles. The van der Waals surface area contributed by atoms with Crippen molar-refractivity contribution in [2.45, 2.75) is 20.3 Å². The summed E-state index contributed by atoms with van der Waals surface area (Å²) in [4.78, 5) is 19.4. The van der Waals surface area contributed by atoms with Gasteiger partial charge in [0.05, 0.1) is 10.7 Å². The van der Waals surface area contributed by atoms with Gasteiger partial charge in [-0.15, -0.1) is 12.4 Å². The summed E-state index contributed by atoms with van der Waals surface area (Å²) in [5, 5.41) is 4.75. The Balaban J connectivity index is 0.00000300. The molecule has 0 radical (unpaired) electrons. The number of carbonyl (C=O) groups excluding carboxylic acids is 1. The molecular weight excluding hydrogens is 409 g/mol. The third-order valence-electron chi connectivity index (χ3n) is 4.46. The van der Waals surface area contributed by atoms with Crippen LogP contribution < -0.4 is 5.73 Å². The molecule has 0 unspecified atom stereocenters. The molecule has 3 aromatic rings. The van der Waals surface area contributed by atoms with E-state index in [-0.39, 0.29) is 24.0 Å². The van der Waals surface area contributed by atoms with Crippen LogP contribution in [0, 0.1) is 13.8 Å². The molecule has 0 aliphatic heterocycles. The van der Waals surface area contributed by atoms with Gasteiger partial charge in [-0.05, 0) is 44.0 Å². The van der Waals surface area contributed by atoms with Crippen LogP contribution in [0.15, 0.2) is 48.5 Å². The molecule has 1 amide bonds. The van der Waals surface area contributed by atoms with E-state index in [2.05, 4.69) is 10.1 Å². The van der Waals surface area contributed by atoms with Crippen molar-refractivity contribution in [1.29, 1.82) is 0 Å².